The molecule has 2 aliphatic rings. The summed E-state index contributed by atoms with van der Waals surface area (Å²) in [5, 5.41) is 4.09. The van der Waals surface area contributed by atoms with Gasteiger partial charge in [-0.1, -0.05) is 20.8 Å². The van der Waals surface area contributed by atoms with Crippen LogP contribution in [-0.4, -0.2) is 55.2 Å². The maximum atomic E-state index is 12.7. The van der Waals surface area contributed by atoms with Gasteiger partial charge < -0.3 is 10.1 Å². The van der Waals surface area contributed by atoms with Gasteiger partial charge in [0.2, 0.25) is 12.0 Å². The van der Waals surface area contributed by atoms with E-state index in [1.54, 1.807) is 6.08 Å². The van der Waals surface area contributed by atoms with Gasteiger partial charge in [0.25, 0.3) is 0 Å². The van der Waals surface area contributed by atoms with Crippen LogP contribution in [0.15, 0.2) is 4.99 Å². The minimum absolute atomic E-state index is 0.00527. The molecule has 0 spiro atoms. The third-order valence-corrected chi connectivity index (χ3v) is 5.17. The van der Waals surface area contributed by atoms with Crippen LogP contribution in [0.3, 0.4) is 0 Å². The van der Waals surface area contributed by atoms with E-state index >= 15 is 0 Å². The molecule has 2 rings (SSSR count). The molecular weight excluding hydrogens is 352 g/mol. The van der Waals surface area contributed by atoms with Crippen LogP contribution in [0, 0.1) is 16.7 Å². The molecular formula is C18H28N4O5. The van der Waals surface area contributed by atoms with Crippen LogP contribution in [0.1, 0.15) is 46.5 Å². The molecule has 9 heteroatoms. The second kappa shape index (κ2) is 8.08. The van der Waals surface area contributed by atoms with Crippen LogP contribution >= 0.6 is 0 Å². The lowest BCUT2D eigenvalue weighted by Gasteiger charge is -2.46. The van der Waals surface area contributed by atoms with E-state index in [4.69, 9.17) is 0 Å². The molecule has 1 saturated carbocycles. The van der Waals surface area contributed by atoms with Crippen molar-refractivity contribution in [2.24, 2.45) is 21.7 Å². The van der Waals surface area contributed by atoms with Crippen molar-refractivity contribution in [3.05, 3.63) is 0 Å². The molecule has 0 aromatic heterocycles. The maximum Gasteiger partial charge on any atom is 0.336 e. The molecule has 1 saturated heterocycles. The molecule has 27 heavy (non-hydrogen) atoms. The lowest BCUT2D eigenvalue weighted by molar-refractivity contribution is -0.151. The van der Waals surface area contributed by atoms with Gasteiger partial charge in [0.1, 0.15) is 0 Å². The number of hydrazine groups is 1. The van der Waals surface area contributed by atoms with E-state index in [1.807, 2.05) is 6.92 Å². The number of ether oxygens (including phenoxy) is 1. The van der Waals surface area contributed by atoms with E-state index < -0.39 is 23.8 Å². The summed E-state index contributed by atoms with van der Waals surface area (Å²) in [6, 6.07) is -0.593. The average molecular weight is 380 g/mol. The number of hydrogen-bond donors (Lipinski definition) is 2. The van der Waals surface area contributed by atoms with Crippen LogP contribution in [0.2, 0.25) is 0 Å². The monoisotopic (exact) mass is 380 g/mol. The highest BCUT2D eigenvalue weighted by Crippen LogP contribution is 2.46. The Bertz CT molecular complexity index is 658. The molecule has 3 amide bonds. The zero-order valence-electron chi connectivity index (χ0n) is 16.3. The fourth-order valence-corrected chi connectivity index (χ4v) is 4.54. The number of hydrogen-bond acceptors (Lipinski definition) is 6. The van der Waals surface area contributed by atoms with Crippen molar-refractivity contribution >= 4 is 24.0 Å². The molecule has 2 fully saturated rings. The number of methoxy groups -OCH3 is 1. The van der Waals surface area contributed by atoms with Crippen molar-refractivity contribution in [3.8, 4) is 0 Å². The Morgan fingerprint density at radius 3 is 2.70 bits per heavy atom. The van der Waals surface area contributed by atoms with E-state index in [2.05, 4.69) is 34.3 Å². The van der Waals surface area contributed by atoms with Gasteiger partial charge in [0.05, 0.1) is 26.1 Å². The van der Waals surface area contributed by atoms with E-state index in [-0.39, 0.29) is 29.8 Å². The van der Waals surface area contributed by atoms with Gasteiger partial charge in [-0.25, -0.2) is 19.6 Å². The van der Waals surface area contributed by atoms with Crippen molar-refractivity contribution in [1.29, 1.82) is 0 Å². The van der Waals surface area contributed by atoms with Gasteiger partial charge in [0, 0.05) is 12.5 Å². The maximum absolute atomic E-state index is 12.7. The smallest absolute Gasteiger partial charge is 0.336 e. The highest BCUT2D eigenvalue weighted by Gasteiger charge is 2.42. The summed E-state index contributed by atoms with van der Waals surface area (Å²) in [6.45, 7) is 6.70. The Hall–Kier alpha value is -2.41. The number of nitrogens with one attached hydrogen (secondary N) is 2. The molecule has 3 unspecified atom stereocenters. The molecule has 1 aliphatic carbocycles. The Morgan fingerprint density at radius 1 is 1.37 bits per heavy atom. The first-order valence-corrected chi connectivity index (χ1v) is 9.06. The second-order valence-electron chi connectivity index (χ2n) is 8.68. The predicted octanol–water partition coefficient (Wildman–Crippen LogP) is 1.14. The van der Waals surface area contributed by atoms with Crippen LogP contribution in [0.25, 0.3) is 0 Å². The van der Waals surface area contributed by atoms with Crippen molar-refractivity contribution in [3.63, 3.8) is 0 Å². The van der Waals surface area contributed by atoms with E-state index in [0.717, 1.165) is 17.9 Å². The highest BCUT2D eigenvalue weighted by atomic mass is 16.5. The Labute approximate surface area is 158 Å². The molecule has 9 nitrogen and oxygen atoms in total. The zero-order valence-corrected chi connectivity index (χ0v) is 16.3. The lowest BCUT2D eigenvalue weighted by atomic mass is 9.62. The topological polar surface area (TPSA) is 117 Å². The Balaban J connectivity index is 2.05. The first kappa shape index (κ1) is 20.9. The van der Waals surface area contributed by atoms with Gasteiger partial charge in [-0.2, -0.15) is 0 Å². The number of rotatable bonds is 4. The number of carbonyl (C=O) groups excluding carboxylic acids is 4. The van der Waals surface area contributed by atoms with Crippen LogP contribution in [0.4, 0.5) is 4.79 Å². The fourth-order valence-electron chi connectivity index (χ4n) is 4.54. The summed E-state index contributed by atoms with van der Waals surface area (Å²) in [5.74, 6) is -1.59. The highest BCUT2D eigenvalue weighted by molar-refractivity contribution is 5.87. The molecule has 1 heterocycles. The van der Waals surface area contributed by atoms with E-state index in [1.165, 1.54) is 7.11 Å². The van der Waals surface area contributed by atoms with Crippen LogP contribution < -0.4 is 10.7 Å². The van der Waals surface area contributed by atoms with Gasteiger partial charge in [0.15, 0.2) is 0 Å². The van der Waals surface area contributed by atoms with Gasteiger partial charge in [-0.3, -0.25) is 15.0 Å². The van der Waals surface area contributed by atoms with Crippen LogP contribution in [0.5, 0.6) is 0 Å². The van der Waals surface area contributed by atoms with Crippen molar-refractivity contribution in [2.45, 2.75) is 52.5 Å². The SMILES string of the molecule is COC(=O)C1CC(=O)NN(C(=O)NC2CC(C)(C)CC(C)(CN=C=O)C2)C1. The van der Waals surface area contributed by atoms with Crippen LogP contribution in [-0.2, 0) is 19.1 Å². The summed E-state index contributed by atoms with van der Waals surface area (Å²) < 4.78 is 4.69. The number of amides is 3. The summed E-state index contributed by atoms with van der Waals surface area (Å²) in [7, 11) is 1.26. The predicted molar refractivity (Wildman–Crippen MR) is 96.0 cm³/mol. The molecule has 2 N–H and O–H groups in total. The lowest BCUT2D eigenvalue weighted by Crippen LogP contribution is -2.60. The van der Waals surface area contributed by atoms with E-state index in [9.17, 15) is 19.2 Å². The number of isocyanates is 1. The van der Waals surface area contributed by atoms with Gasteiger partial charge >= 0.3 is 12.0 Å². The average Bonchev–Trinajstić information content (AvgIpc) is 2.57. The quantitative estimate of drug-likeness (QED) is 0.431. The number of aliphatic imine (C=N–C) groups is 1. The normalized spacial score (nSPS) is 29.9. The fraction of sp³-hybridized carbons (Fsp3) is 0.778. The molecule has 0 bridgehead atoms. The van der Waals surface area contributed by atoms with Gasteiger partial charge in [-0.15, -0.1) is 0 Å². The third kappa shape index (κ3) is 5.53. The van der Waals surface area contributed by atoms with Crippen molar-refractivity contribution < 1.29 is 23.9 Å². The first-order chi connectivity index (χ1) is 12.6. The van der Waals surface area contributed by atoms with E-state index in [0.29, 0.717) is 13.0 Å². The third-order valence-electron chi connectivity index (χ3n) is 5.17. The second-order valence-corrected chi connectivity index (χ2v) is 8.68. The molecule has 0 aromatic carbocycles. The summed E-state index contributed by atoms with van der Waals surface area (Å²) >= 11 is 0. The zero-order chi connectivity index (χ0) is 20.2. The molecule has 150 valence electrons. The summed E-state index contributed by atoms with van der Waals surface area (Å²) in [5.41, 5.74) is 2.23. The number of urea groups is 1. The number of esters is 1. The molecule has 1 aliphatic heterocycles. The minimum atomic E-state index is -0.676. The van der Waals surface area contributed by atoms with Gasteiger partial charge in [-0.05, 0) is 30.1 Å². The molecule has 0 aromatic rings. The van der Waals surface area contributed by atoms with Crippen molar-refractivity contribution in [2.75, 3.05) is 20.2 Å². The number of nitrogens with zero attached hydrogens (tertiary/aromatic N) is 2. The standard InChI is InChI=1S/C18H28N4O5/c1-17(2)6-13(7-18(3,9-17)10-19-11-23)20-16(26)22-8-12(15(25)27-4)5-14(24)21-22/h12-13H,5-10H2,1-4H3,(H,20,26)(H,21,24). The molecule has 0 radical (unpaired) electrons. The summed E-state index contributed by atoms with van der Waals surface area (Å²) in [6.07, 6.45) is 3.89. The Morgan fingerprint density at radius 2 is 2.07 bits per heavy atom. The number of carbonyl (C=O) groups is 3. The first-order valence-electron chi connectivity index (χ1n) is 9.06. The Kier molecular flexibility index (Phi) is 6.26. The molecule has 3 atom stereocenters. The minimum Gasteiger partial charge on any atom is -0.469 e. The van der Waals surface area contributed by atoms with Crippen molar-refractivity contribution in [1.82, 2.24) is 15.8 Å². The largest absolute Gasteiger partial charge is 0.469 e. The summed E-state index contributed by atoms with van der Waals surface area (Å²) in [4.78, 5) is 50.5.